The summed E-state index contributed by atoms with van der Waals surface area (Å²) in [6, 6.07) is 1.41. The minimum Gasteiger partial charge on any atom is -0.367 e. The molecule has 5 heteroatoms. The summed E-state index contributed by atoms with van der Waals surface area (Å²) in [6.07, 6.45) is 5.87. The minimum atomic E-state index is 0.343. The number of anilines is 1. The molecule has 2 saturated heterocycles. The summed E-state index contributed by atoms with van der Waals surface area (Å²) < 4.78 is 0. The monoisotopic (exact) mass is 289 g/mol. The van der Waals surface area contributed by atoms with Crippen LogP contribution in [0.4, 0.5) is 5.69 Å². The highest BCUT2D eigenvalue weighted by atomic mass is 15.3. The summed E-state index contributed by atoms with van der Waals surface area (Å²) in [5.41, 5.74) is 8.08. The molecule has 2 fully saturated rings. The molecule has 3 heterocycles. The van der Waals surface area contributed by atoms with Crippen LogP contribution in [0, 0.1) is 0 Å². The fraction of sp³-hybridized carbons (Fsp3) is 0.750. The smallest absolute Gasteiger partial charge is 0.131 e. The van der Waals surface area contributed by atoms with Crippen molar-refractivity contribution in [3.05, 3.63) is 17.7 Å². The number of hydrogen-bond donors (Lipinski definition) is 1. The lowest BCUT2D eigenvalue weighted by Crippen LogP contribution is -2.37. The van der Waals surface area contributed by atoms with Crippen LogP contribution in [0.2, 0.25) is 0 Å². The topological polar surface area (TPSA) is 58.3 Å². The van der Waals surface area contributed by atoms with Gasteiger partial charge >= 0.3 is 0 Å². The van der Waals surface area contributed by atoms with Crippen molar-refractivity contribution in [1.29, 1.82) is 0 Å². The lowest BCUT2D eigenvalue weighted by molar-refractivity contribution is 0.254. The molecule has 1 aromatic rings. The predicted octanol–water partition coefficient (Wildman–Crippen LogP) is 1.73. The van der Waals surface area contributed by atoms with Gasteiger partial charge in [-0.15, -0.1) is 0 Å². The normalized spacial score (nSPS) is 26.4. The second-order valence-electron chi connectivity index (χ2n) is 6.70. The maximum atomic E-state index is 5.94. The van der Waals surface area contributed by atoms with Crippen LogP contribution < -0.4 is 10.6 Å². The lowest BCUT2D eigenvalue weighted by atomic mass is 10.1. The SMILES string of the molecule is CC(C)c1ncc(N2CCC3CCC(C2)N3C)c(CN)n1. The van der Waals surface area contributed by atoms with Crippen molar-refractivity contribution in [1.82, 2.24) is 14.9 Å². The first-order valence-electron chi connectivity index (χ1n) is 8.13. The molecule has 2 aliphatic rings. The molecule has 5 nitrogen and oxygen atoms in total. The average Bonchev–Trinajstić information content (AvgIpc) is 2.71. The number of likely N-dealkylation sites (N-methyl/N-ethyl adjacent to an activating group) is 1. The Labute approximate surface area is 127 Å². The summed E-state index contributed by atoms with van der Waals surface area (Å²) in [4.78, 5) is 14.3. The largest absolute Gasteiger partial charge is 0.367 e. The molecule has 1 aromatic heterocycles. The summed E-state index contributed by atoms with van der Waals surface area (Å²) in [5.74, 6) is 1.24. The highest BCUT2D eigenvalue weighted by molar-refractivity contribution is 5.49. The van der Waals surface area contributed by atoms with Gasteiger partial charge in [0.25, 0.3) is 0 Å². The second-order valence-corrected chi connectivity index (χ2v) is 6.70. The Morgan fingerprint density at radius 2 is 2.05 bits per heavy atom. The third-order valence-corrected chi connectivity index (χ3v) is 5.06. The van der Waals surface area contributed by atoms with Crippen LogP contribution >= 0.6 is 0 Å². The Balaban J connectivity index is 1.86. The molecule has 0 radical (unpaired) electrons. The zero-order valence-electron chi connectivity index (χ0n) is 13.4. The van der Waals surface area contributed by atoms with Crippen LogP contribution in [0.3, 0.4) is 0 Å². The Morgan fingerprint density at radius 1 is 1.29 bits per heavy atom. The zero-order chi connectivity index (χ0) is 15.0. The first-order valence-corrected chi connectivity index (χ1v) is 8.13. The van der Waals surface area contributed by atoms with E-state index < -0.39 is 0 Å². The molecule has 0 amide bonds. The molecule has 0 saturated carbocycles. The van der Waals surface area contributed by atoms with Crippen molar-refractivity contribution in [3.8, 4) is 0 Å². The van der Waals surface area contributed by atoms with Gasteiger partial charge in [0, 0.05) is 37.6 Å². The van der Waals surface area contributed by atoms with Gasteiger partial charge in [-0.05, 0) is 26.3 Å². The zero-order valence-corrected chi connectivity index (χ0v) is 13.4. The van der Waals surface area contributed by atoms with Crippen molar-refractivity contribution in [2.45, 2.75) is 57.7 Å². The van der Waals surface area contributed by atoms with Gasteiger partial charge in [0.2, 0.25) is 0 Å². The number of nitrogens with two attached hydrogens (primary N) is 1. The van der Waals surface area contributed by atoms with Gasteiger partial charge in [-0.3, -0.25) is 4.90 Å². The molecule has 116 valence electrons. The van der Waals surface area contributed by atoms with Crippen molar-refractivity contribution in [2.75, 3.05) is 25.0 Å². The van der Waals surface area contributed by atoms with E-state index in [9.17, 15) is 0 Å². The number of fused-ring (bicyclic) bond motifs is 2. The van der Waals surface area contributed by atoms with Gasteiger partial charge < -0.3 is 10.6 Å². The molecule has 2 aliphatic heterocycles. The molecule has 21 heavy (non-hydrogen) atoms. The van der Waals surface area contributed by atoms with Crippen LogP contribution in [-0.4, -0.2) is 47.1 Å². The Kier molecular flexibility index (Phi) is 4.13. The third-order valence-electron chi connectivity index (χ3n) is 5.06. The van der Waals surface area contributed by atoms with E-state index in [1.165, 1.54) is 19.3 Å². The Bertz CT molecular complexity index is 501. The Morgan fingerprint density at radius 3 is 2.76 bits per heavy atom. The molecule has 0 aromatic carbocycles. The van der Waals surface area contributed by atoms with Gasteiger partial charge in [0.05, 0.1) is 17.6 Å². The van der Waals surface area contributed by atoms with E-state index in [0.29, 0.717) is 18.5 Å². The molecule has 3 rings (SSSR count). The average molecular weight is 289 g/mol. The van der Waals surface area contributed by atoms with E-state index in [-0.39, 0.29) is 0 Å². The molecule has 0 aliphatic carbocycles. The van der Waals surface area contributed by atoms with Gasteiger partial charge in [-0.25, -0.2) is 9.97 Å². The fourth-order valence-electron chi connectivity index (χ4n) is 3.65. The van der Waals surface area contributed by atoms with Crippen molar-refractivity contribution < 1.29 is 0 Å². The summed E-state index contributed by atoms with van der Waals surface area (Å²) in [6.45, 7) is 6.88. The van der Waals surface area contributed by atoms with Crippen molar-refractivity contribution in [3.63, 3.8) is 0 Å². The fourth-order valence-corrected chi connectivity index (χ4v) is 3.65. The maximum absolute atomic E-state index is 5.94. The van der Waals surface area contributed by atoms with Crippen LogP contribution in [0.15, 0.2) is 6.20 Å². The maximum Gasteiger partial charge on any atom is 0.131 e. The Hall–Kier alpha value is -1.20. The molecule has 2 unspecified atom stereocenters. The second kappa shape index (κ2) is 5.89. The van der Waals surface area contributed by atoms with E-state index in [2.05, 4.69) is 40.7 Å². The first-order chi connectivity index (χ1) is 10.1. The van der Waals surface area contributed by atoms with Crippen molar-refractivity contribution in [2.24, 2.45) is 5.73 Å². The van der Waals surface area contributed by atoms with Crippen LogP contribution in [0.25, 0.3) is 0 Å². The molecule has 0 spiro atoms. The highest BCUT2D eigenvalue weighted by Crippen LogP contribution is 2.31. The number of rotatable bonds is 3. The van der Waals surface area contributed by atoms with Crippen molar-refractivity contribution >= 4 is 5.69 Å². The lowest BCUT2D eigenvalue weighted by Gasteiger charge is -2.28. The van der Waals surface area contributed by atoms with E-state index in [1.807, 2.05) is 6.20 Å². The quantitative estimate of drug-likeness (QED) is 0.918. The van der Waals surface area contributed by atoms with E-state index >= 15 is 0 Å². The number of hydrogen-bond acceptors (Lipinski definition) is 5. The van der Waals surface area contributed by atoms with Gasteiger partial charge in [0.15, 0.2) is 0 Å². The third kappa shape index (κ3) is 2.77. The van der Waals surface area contributed by atoms with Crippen LogP contribution in [-0.2, 0) is 6.54 Å². The minimum absolute atomic E-state index is 0.343. The first kappa shape index (κ1) is 14.7. The molecular weight excluding hydrogens is 262 g/mol. The molecule has 2 N–H and O–H groups in total. The van der Waals surface area contributed by atoms with Gasteiger partial charge in [-0.2, -0.15) is 0 Å². The summed E-state index contributed by atoms with van der Waals surface area (Å²) in [5, 5.41) is 0. The molecule has 2 bridgehead atoms. The summed E-state index contributed by atoms with van der Waals surface area (Å²) >= 11 is 0. The number of nitrogens with zero attached hydrogens (tertiary/aromatic N) is 4. The highest BCUT2D eigenvalue weighted by Gasteiger charge is 2.35. The van der Waals surface area contributed by atoms with Crippen LogP contribution in [0.1, 0.15) is 50.5 Å². The van der Waals surface area contributed by atoms with Crippen LogP contribution in [0.5, 0.6) is 0 Å². The molecule has 2 atom stereocenters. The summed E-state index contributed by atoms with van der Waals surface area (Å²) in [7, 11) is 2.27. The van der Waals surface area contributed by atoms with Gasteiger partial charge in [-0.1, -0.05) is 13.8 Å². The van der Waals surface area contributed by atoms with E-state index in [0.717, 1.165) is 36.3 Å². The standard InChI is InChI=1S/C16H27N5/c1-11(2)16-18-9-15(14(8-17)19-16)21-7-6-12-4-5-13(10-21)20(12)3/h9,11-13H,4-8,10,17H2,1-3H3. The predicted molar refractivity (Wildman–Crippen MR) is 85.4 cm³/mol. The van der Waals surface area contributed by atoms with E-state index in [4.69, 9.17) is 5.73 Å². The molecular formula is C16H27N5. The van der Waals surface area contributed by atoms with Gasteiger partial charge in [0.1, 0.15) is 5.82 Å². The van der Waals surface area contributed by atoms with E-state index in [1.54, 1.807) is 0 Å². The number of aromatic nitrogens is 2.